The van der Waals surface area contributed by atoms with E-state index in [1.165, 1.54) is 26.0 Å². The summed E-state index contributed by atoms with van der Waals surface area (Å²) >= 11 is 7.95. The highest BCUT2D eigenvalue weighted by molar-refractivity contribution is 9.10. The summed E-state index contributed by atoms with van der Waals surface area (Å²) in [7, 11) is 0. The van der Waals surface area contributed by atoms with Crippen LogP contribution in [0.15, 0.2) is 91.6 Å². The Morgan fingerprint density at radius 2 is 0.937 bits per heavy atom. The number of benzene rings is 4. The molecule has 4 aromatic rings. The van der Waals surface area contributed by atoms with Gasteiger partial charge in [-0.1, -0.05) is 81.7 Å². The summed E-state index contributed by atoms with van der Waals surface area (Å²) in [5, 5.41) is 26.7. The quantitative estimate of drug-likeness (QED) is 0.0764. The lowest BCUT2D eigenvalue weighted by atomic mass is 9.92. The molecule has 4 amide bonds. The van der Waals surface area contributed by atoms with Crippen LogP contribution in [0.4, 0.5) is 11.4 Å². The molecule has 0 saturated carbocycles. The smallest absolute Gasteiger partial charge is 0.291 e. The molecule has 328 valence electrons. The van der Waals surface area contributed by atoms with Crippen molar-refractivity contribution in [1.29, 1.82) is 0 Å². The Balaban J connectivity index is 1.48. The number of aryl methyl sites for hydroxylation is 2. The summed E-state index contributed by atoms with van der Waals surface area (Å²) in [4.78, 5) is 83.2. The van der Waals surface area contributed by atoms with E-state index in [-0.39, 0.29) is 55.9 Å². The van der Waals surface area contributed by atoms with Crippen molar-refractivity contribution in [3.63, 3.8) is 0 Å². The van der Waals surface area contributed by atoms with Gasteiger partial charge in [-0.15, -0.1) is 0 Å². The number of nitro benzene ring substituents is 2. The molecule has 0 N–H and O–H groups in total. The third-order valence-corrected chi connectivity index (χ3v) is 13.3. The summed E-state index contributed by atoms with van der Waals surface area (Å²) in [6.45, 7) is 9.87. The fraction of sp³-hybridized carbons (Fsp3) is 0.304. The minimum atomic E-state index is -0.491. The van der Waals surface area contributed by atoms with Gasteiger partial charge in [-0.05, 0) is 94.8 Å². The molecule has 2 aliphatic rings. The highest BCUT2D eigenvalue weighted by Gasteiger charge is 2.31. The van der Waals surface area contributed by atoms with Crippen LogP contribution in [0.3, 0.4) is 0 Å². The number of hydrogen-bond acceptors (Lipinski definition) is 9. The highest BCUT2D eigenvalue weighted by atomic mass is 79.9. The van der Waals surface area contributed by atoms with Crippen LogP contribution in [0.5, 0.6) is 0 Å². The normalized spacial score (nSPS) is 14.4. The van der Waals surface area contributed by atoms with E-state index in [1.54, 1.807) is 80.3 Å². The van der Waals surface area contributed by atoms with Gasteiger partial charge in [0.25, 0.3) is 11.4 Å². The van der Waals surface area contributed by atoms with E-state index in [0.717, 1.165) is 31.8 Å². The van der Waals surface area contributed by atoms with Crippen LogP contribution in [0, 0.1) is 20.2 Å². The number of nitrogens with zero attached hydrogens (tertiary/aromatic N) is 6. The van der Waals surface area contributed by atoms with E-state index < -0.39 is 9.85 Å². The van der Waals surface area contributed by atoms with Crippen molar-refractivity contribution in [3.8, 4) is 22.3 Å². The zero-order chi connectivity index (χ0) is 45.5. The van der Waals surface area contributed by atoms with Crippen LogP contribution in [-0.4, -0.2) is 105 Å². The molecule has 2 fully saturated rings. The molecule has 4 aromatic carbocycles. The molecule has 2 saturated heterocycles. The summed E-state index contributed by atoms with van der Waals surface area (Å²) in [6.07, 6.45) is 6.94. The molecule has 2 heterocycles. The van der Waals surface area contributed by atoms with Crippen molar-refractivity contribution < 1.29 is 29.0 Å². The third kappa shape index (κ3) is 10.8. The molecule has 0 radical (unpaired) electrons. The number of nitro groups is 2. The third-order valence-electron chi connectivity index (χ3n) is 11.3. The Morgan fingerprint density at radius 1 is 0.587 bits per heavy atom. The number of amides is 4. The van der Waals surface area contributed by atoms with Gasteiger partial charge in [0, 0.05) is 87.3 Å². The first-order valence-corrected chi connectivity index (χ1v) is 22.8. The fourth-order valence-electron chi connectivity index (χ4n) is 7.88. The van der Waals surface area contributed by atoms with E-state index in [1.807, 2.05) is 26.0 Å². The summed E-state index contributed by atoms with van der Waals surface area (Å²) in [5.74, 6) is -0.727. The van der Waals surface area contributed by atoms with Crippen molar-refractivity contribution in [2.75, 3.05) is 52.4 Å². The van der Waals surface area contributed by atoms with Crippen molar-refractivity contribution in [2.24, 2.45) is 0 Å². The average Bonchev–Trinajstić information content (AvgIpc) is 3.27. The number of piperazine rings is 2. The number of rotatable bonds is 12. The second-order valence-electron chi connectivity index (χ2n) is 15.0. The van der Waals surface area contributed by atoms with E-state index in [0.29, 0.717) is 87.5 Å². The SMILES string of the molecule is CCc1cc(Br)ccc1-c1c(/C=C/C(=O)N2CCN(C(C)=O)CC2)ccc(Sc2ccc(/C=C/C(=O)N3CCN(C(C)=O)CC3)c(-c3ccc(Br)cc3CC)c2[N+](=O)[O-])c1[N+](=O)[O-]. The first-order valence-electron chi connectivity index (χ1n) is 20.4. The number of carbonyl (C=O) groups excluding carboxylic acids is 4. The molecule has 17 heteroatoms. The van der Waals surface area contributed by atoms with Gasteiger partial charge in [0.2, 0.25) is 23.6 Å². The number of halogens is 2. The van der Waals surface area contributed by atoms with Gasteiger partial charge in [-0.3, -0.25) is 39.4 Å². The molecule has 0 unspecified atom stereocenters. The maximum Gasteiger partial charge on any atom is 0.291 e. The van der Waals surface area contributed by atoms with Crippen molar-refractivity contribution >= 4 is 90.8 Å². The first kappa shape index (κ1) is 46.8. The van der Waals surface area contributed by atoms with E-state index >= 15 is 0 Å². The number of hydrogen-bond donors (Lipinski definition) is 0. The van der Waals surface area contributed by atoms with Gasteiger partial charge in [-0.25, -0.2) is 0 Å². The lowest BCUT2D eigenvalue weighted by Gasteiger charge is -2.33. The summed E-state index contributed by atoms with van der Waals surface area (Å²) in [5.41, 5.74) is 3.51. The van der Waals surface area contributed by atoms with E-state index in [2.05, 4.69) is 31.9 Å². The van der Waals surface area contributed by atoms with Crippen molar-refractivity contribution in [3.05, 3.63) is 124 Å². The Hall–Kier alpha value is -5.65. The molecule has 0 bridgehead atoms. The van der Waals surface area contributed by atoms with Crippen LogP contribution in [0.1, 0.15) is 49.9 Å². The summed E-state index contributed by atoms with van der Waals surface area (Å²) in [6, 6.07) is 17.4. The fourth-order valence-corrected chi connectivity index (χ4v) is 9.75. The number of carbonyl (C=O) groups is 4. The Labute approximate surface area is 386 Å². The Bertz CT molecular complexity index is 2380. The molecule has 2 aliphatic heterocycles. The monoisotopic (exact) mass is 1000 g/mol. The predicted octanol–water partition coefficient (Wildman–Crippen LogP) is 9.05. The second kappa shape index (κ2) is 20.7. The maximum atomic E-state index is 13.4. The van der Waals surface area contributed by atoms with Gasteiger partial charge in [0.1, 0.15) is 0 Å². The molecule has 0 aliphatic carbocycles. The Kier molecular flexibility index (Phi) is 15.4. The molecule has 0 aromatic heterocycles. The molecular formula is C46H46Br2N6O8S. The second-order valence-corrected chi connectivity index (χ2v) is 17.9. The van der Waals surface area contributed by atoms with Gasteiger partial charge >= 0.3 is 0 Å². The van der Waals surface area contributed by atoms with Gasteiger partial charge < -0.3 is 19.6 Å². The molecule has 0 spiro atoms. The maximum absolute atomic E-state index is 13.4. The molecule has 0 atom stereocenters. The zero-order valence-electron chi connectivity index (χ0n) is 35.3. The van der Waals surface area contributed by atoms with Crippen LogP contribution < -0.4 is 0 Å². The van der Waals surface area contributed by atoms with Gasteiger partial charge in [0.05, 0.1) is 30.8 Å². The highest BCUT2D eigenvalue weighted by Crippen LogP contribution is 2.49. The van der Waals surface area contributed by atoms with E-state index in [9.17, 15) is 39.4 Å². The van der Waals surface area contributed by atoms with Crippen LogP contribution in [0.25, 0.3) is 34.4 Å². The van der Waals surface area contributed by atoms with Gasteiger partial charge in [-0.2, -0.15) is 0 Å². The molecule has 14 nitrogen and oxygen atoms in total. The lowest BCUT2D eigenvalue weighted by Crippen LogP contribution is -2.49. The van der Waals surface area contributed by atoms with Crippen LogP contribution in [-0.2, 0) is 32.0 Å². The molecule has 63 heavy (non-hydrogen) atoms. The molecular weight excluding hydrogens is 956 g/mol. The minimum Gasteiger partial charge on any atom is -0.339 e. The van der Waals surface area contributed by atoms with E-state index in [4.69, 9.17) is 0 Å². The van der Waals surface area contributed by atoms with Crippen LogP contribution in [0.2, 0.25) is 0 Å². The van der Waals surface area contributed by atoms with Gasteiger partial charge in [0.15, 0.2) is 0 Å². The largest absolute Gasteiger partial charge is 0.339 e. The summed E-state index contributed by atoms with van der Waals surface area (Å²) < 4.78 is 1.56. The zero-order valence-corrected chi connectivity index (χ0v) is 39.3. The van der Waals surface area contributed by atoms with Crippen molar-refractivity contribution in [1.82, 2.24) is 19.6 Å². The average molecular weight is 1000 g/mol. The predicted molar refractivity (Wildman–Crippen MR) is 251 cm³/mol. The first-order chi connectivity index (χ1) is 30.1. The molecule has 6 rings (SSSR count). The van der Waals surface area contributed by atoms with Crippen molar-refractivity contribution in [2.45, 2.75) is 50.3 Å². The van der Waals surface area contributed by atoms with Crippen LogP contribution >= 0.6 is 43.6 Å². The Morgan fingerprint density at radius 3 is 1.25 bits per heavy atom. The standard InChI is InChI=1S/C46H46Br2N6O8S/c1-5-31-27-35(47)11-13-37(31)43-33(9-17-41(57)51-23-19-49(20-24-51)29(3)55)7-15-39(45(43)53(59)60)63-40-16-8-34(10-18-42(58)52-25-21-50(22-26-52)30(4)56)44(46(40)54(61)62)38-14-12-36(48)28-32(38)6-2/h7-18,27-28H,5-6,19-26H2,1-4H3/b17-9+,18-10+. The lowest BCUT2D eigenvalue weighted by molar-refractivity contribution is -0.387. The minimum absolute atomic E-state index is 0.0631. The topological polar surface area (TPSA) is 168 Å².